The summed E-state index contributed by atoms with van der Waals surface area (Å²) in [5.74, 6) is 0. The molecule has 3 heteroatoms. The quantitative estimate of drug-likeness (QED) is 0.517. The molecule has 2 nitrogen and oxygen atoms in total. The normalized spacial score (nSPS) is 10.9. The van der Waals surface area contributed by atoms with Crippen molar-refractivity contribution >= 4 is 22.4 Å². The van der Waals surface area contributed by atoms with Gasteiger partial charge >= 0.3 is 0 Å². The predicted molar refractivity (Wildman–Crippen MR) is 88.3 cm³/mol. The zero-order valence-corrected chi connectivity index (χ0v) is 12.0. The Morgan fingerprint density at radius 2 is 1.29 bits per heavy atom. The first-order chi connectivity index (χ1) is 10.4. The second-order valence-electron chi connectivity index (χ2n) is 4.75. The van der Waals surface area contributed by atoms with Crippen LogP contribution in [0.5, 0.6) is 0 Å². The van der Waals surface area contributed by atoms with Gasteiger partial charge in [0.25, 0.3) is 0 Å². The molecule has 4 rings (SSSR count). The van der Waals surface area contributed by atoms with Crippen LogP contribution >= 0.6 is 11.3 Å². The molecule has 21 heavy (non-hydrogen) atoms. The summed E-state index contributed by atoms with van der Waals surface area (Å²) in [6, 6.07) is 22.4. The van der Waals surface area contributed by atoms with Crippen LogP contribution in [0.1, 0.15) is 0 Å². The topological polar surface area (TPSA) is 25.8 Å². The zero-order valence-electron chi connectivity index (χ0n) is 11.2. The van der Waals surface area contributed by atoms with Crippen molar-refractivity contribution in [3.63, 3.8) is 0 Å². The highest BCUT2D eigenvalue weighted by atomic mass is 32.1. The maximum absolute atomic E-state index is 4.85. The van der Waals surface area contributed by atoms with Gasteiger partial charge in [0.2, 0.25) is 0 Å². The van der Waals surface area contributed by atoms with E-state index in [4.69, 9.17) is 9.97 Å². The molecule has 0 aliphatic carbocycles. The highest BCUT2D eigenvalue weighted by Crippen LogP contribution is 2.33. The van der Waals surface area contributed by atoms with Crippen LogP contribution in [0.25, 0.3) is 32.9 Å². The van der Waals surface area contributed by atoms with E-state index in [1.807, 2.05) is 48.5 Å². The number of aromatic nitrogens is 2. The van der Waals surface area contributed by atoms with Gasteiger partial charge in [0, 0.05) is 5.56 Å². The number of benzene rings is 2. The SMILES string of the molecule is c1ccc(-c2nc3ccccc3nc2-c2cccs2)cc1. The van der Waals surface area contributed by atoms with Gasteiger partial charge in [-0.2, -0.15) is 0 Å². The molecule has 0 radical (unpaired) electrons. The lowest BCUT2D eigenvalue weighted by Crippen LogP contribution is -1.93. The number of hydrogen-bond donors (Lipinski definition) is 0. The minimum absolute atomic E-state index is 0.927. The summed E-state index contributed by atoms with van der Waals surface area (Å²) < 4.78 is 0. The average molecular weight is 288 g/mol. The Labute approximate surface area is 126 Å². The molecule has 2 aromatic heterocycles. The lowest BCUT2D eigenvalue weighted by atomic mass is 10.1. The fraction of sp³-hybridized carbons (Fsp3) is 0. The van der Waals surface area contributed by atoms with Crippen molar-refractivity contribution in [2.75, 3.05) is 0 Å². The molecule has 0 saturated carbocycles. The zero-order chi connectivity index (χ0) is 14.1. The average Bonchev–Trinajstić information content (AvgIpc) is 3.09. The first kappa shape index (κ1) is 12.2. The standard InChI is InChI=1S/C18H12N2S/c1-2-7-13(8-3-1)17-18(16-11-6-12-21-16)20-15-10-5-4-9-14(15)19-17/h1-12H. The van der Waals surface area contributed by atoms with Crippen LogP contribution < -0.4 is 0 Å². The first-order valence-corrected chi connectivity index (χ1v) is 7.66. The first-order valence-electron chi connectivity index (χ1n) is 6.78. The summed E-state index contributed by atoms with van der Waals surface area (Å²) in [5.41, 5.74) is 4.85. The van der Waals surface area contributed by atoms with Crippen LogP contribution in [0.3, 0.4) is 0 Å². The molecule has 0 amide bonds. The molecule has 0 atom stereocenters. The largest absolute Gasteiger partial charge is 0.244 e. The van der Waals surface area contributed by atoms with Gasteiger partial charge in [-0.3, -0.25) is 0 Å². The number of fused-ring (bicyclic) bond motifs is 1. The van der Waals surface area contributed by atoms with Gasteiger partial charge in [0.05, 0.1) is 21.6 Å². The van der Waals surface area contributed by atoms with E-state index in [1.165, 1.54) is 0 Å². The summed E-state index contributed by atoms with van der Waals surface area (Å²) >= 11 is 1.69. The molecule has 0 fully saturated rings. The Morgan fingerprint density at radius 3 is 1.95 bits per heavy atom. The summed E-state index contributed by atoms with van der Waals surface area (Å²) in [7, 11) is 0. The van der Waals surface area contributed by atoms with Gasteiger partial charge in [-0.25, -0.2) is 9.97 Å². The fourth-order valence-corrected chi connectivity index (χ4v) is 3.10. The van der Waals surface area contributed by atoms with Gasteiger partial charge in [-0.1, -0.05) is 48.5 Å². The molecule has 0 spiro atoms. The minimum atomic E-state index is 0.927. The molecule has 0 bridgehead atoms. The second kappa shape index (κ2) is 5.11. The number of rotatable bonds is 2. The number of nitrogens with zero attached hydrogens (tertiary/aromatic N) is 2. The van der Waals surface area contributed by atoms with Crippen molar-refractivity contribution in [1.82, 2.24) is 9.97 Å². The van der Waals surface area contributed by atoms with E-state index in [2.05, 4.69) is 23.6 Å². The second-order valence-corrected chi connectivity index (χ2v) is 5.70. The Morgan fingerprint density at radius 1 is 0.619 bits per heavy atom. The van der Waals surface area contributed by atoms with Crippen LogP contribution in [-0.2, 0) is 0 Å². The summed E-state index contributed by atoms with van der Waals surface area (Å²) in [5, 5.41) is 2.07. The molecular formula is C18H12N2S. The summed E-state index contributed by atoms with van der Waals surface area (Å²) in [6.07, 6.45) is 0. The number of thiophene rings is 1. The van der Waals surface area contributed by atoms with Crippen LogP contribution in [0.2, 0.25) is 0 Å². The van der Waals surface area contributed by atoms with E-state index in [-0.39, 0.29) is 0 Å². The third-order valence-electron chi connectivity index (χ3n) is 3.37. The molecule has 0 unspecified atom stereocenters. The molecule has 100 valence electrons. The maximum Gasteiger partial charge on any atom is 0.107 e. The minimum Gasteiger partial charge on any atom is -0.244 e. The summed E-state index contributed by atoms with van der Waals surface area (Å²) in [6.45, 7) is 0. The smallest absolute Gasteiger partial charge is 0.107 e. The number of hydrogen-bond acceptors (Lipinski definition) is 3. The highest BCUT2D eigenvalue weighted by Gasteiger charge is 2.13. The lowest BCUT2D eigenvalue weighted by molar-refractivity contribution is 1.30. The monoisotopic (exact) mass is 288 g/mol. The molecule has 0 aliphatic rings. The third kappa shape index (κ3) is 2.22. The molecule has 0 saturated heterocycles. The van der Waals surface area contributed by atoms with Crippen molar-refractivity contribution < 1.29 is 0 Å². The highest BCUT2D eigenvalue weighted by molar-refractivity contribution is 7.13. The lowest BCUT2D eigenvalue weighted by Gasteiger charge is -2.08. The molecule has 2 aromatic carbocycles. The molecule has 0 aliphatic heterocycles. The van der Waals surface area contributed by atoms with Crippen LogP contribution in [-0.4, -0.2) is 9.97 Å². The van der Waals surface area contributed by atoms with Crippen molar-refractivity contribution in [1.29, 1.82) is 0 Å². The van der Waals surface area contributed by atoms with Crippen molar-refractivity contribution in [3.8, 4) is 21.8 Å². The van der Waals surface area contributed by atoms with E-state index in [0.29, 0.717) is 0 Å². The van der Waals surface area contributed by atoms with E-state index >= 15 is 0 Å². The van der Waals surface area contributed by atoms with E-state index in [9.17, 15) is 0 Å². The van der Waals surface area contributed by atoms with Crippen molar-refractivity contribution in [3.05, 3.63) is 72.1 Å². The molecule has 4 aromatic rings. The van der Waals surface area contributed by atoms with Gasteiger partial charge in [-0.15, -0.1) is 11.3 Å². The maximum atomic E-state index is 4.85. The number of para-hydroxylation sites is 2. The summed E-state index contributed by atoms with van der Waals surface area (Å²) in [4.78, 5) is 10.8. The molecule has 2 heterocycles. The Kier molecular flexibility index (Phi) is 2.98. The van der Waals surface area contributed by atoms with Crippen molar-refractivity contribution in [2.24, 2.45) is 0 Å². The van der Waals surface area contributed by atoms with Crippen molar-refractivity contribution in [2.45, 2.75) is 0 Å². The van der Waals surface area contributed by atoms with E-state index in [1.54, 1.807) is 11.3 Å². The van der Waals surface area contributed by atoms with Gasteiger partial charge in [0.1, 0.15) is 5.69 Å². The molecular weight excluding hydrogens is 276 g/mol. The Bertz CT molecular complexity index is 884. The van der Waals surface area contributed by atoms with Gasteiger partial charge in [-0.05, 0) is 23.6 Å². The van der Waals surface area contributed by atoms with Crippen LogP contribution in [0.4, 0.5) is 0 Å². The van der Waals surface area contributed by atoms with E-state index < -0.39 is 0 Å². The van der Waals surface area contributed by atoms with Crippen LogP contribution in [0, 0.1) is 0 Å². The van der Waals surface area contributed by atoms with Gasteiger partial charge in [0.15, 0.2) is 0 Å². The third-order valence-corrected chi connectivity index (χ3v) is 4.25. The predicted octanol–water partition coefficient (Wildman–Crippen LogP) is 5.03. The Balaban J connectivity index is 2.05. The van der Waals surface area contributed by atoms with Gasteiger partial charge < -0.3 is 0 Å². The van der Waals surface area contributed by atoms with E-state index in [0.717, 1.165) is 32.9 Å². The van der Waals surface area contributed by atoms with Crippen LogP contribution in [0.15, 0.2) is 72.1 Å². The fourth-order valence-electron chi connectivity index (χ4n) is 2.38. The Hall–Kier alpha value is -2.52. The molecule has 0 N–H and O–H groups in total.